The molecule has 1 aliphatic heterocycles. The van der Waals surface area contributed by atoms with Crippen molar-refractivity contribution in [1.29, 1.82) is 0 Å². The summed E-state index contributed by atoms with van der Waals surface area (Å²) in [5.41, 5.74) is 5.67. The molecule has 1 fully saturated rings. The standard InChI is InChI=1S/C29H32N4OS/c1-2-22-10-13-26-27(21-22)35-29(31-26)33-18-16-32(17-19-33)15-14-30-28(34)25-11-8-24(9-12-25)20-23-6-4-3-5-7-23/h3-13,21H,2,14-20H2,1H3,(H,30,34). The summed E-state index contributed by atoms with van der Waals surface area (Å²) in [6.07, 6.45) is 1.93. The van der Waals surface area contributed by atoms with Crippen LogP contribution in [0.2, 0.25) is 0 Å². The average molecular weight is 485 g/mol. The molecule has 1 amide bonds. The number of aryl methyl sites for hydroxylation is 1. The zero-order valence-electron chi connectivity index (χ0n) is 20.2. The minimum absolute atomic E-state index is 0.00387. The van der Waals surface area contributed by atoms with Crippen molar-refractivity contribution in [2.75, 3.05) is 44.2 Å². The first-order valence-electron chi connectivity index (χ1n) is 12.5. The third-order valence-electron chi connectivity index (χ3n) is 6.67. The van der Waals surface area contributed by atoms with Crippen LogP contribution in [-0.4, -0.2) is 55.1 Å². The minimum atomic E-state index is -0.00387. The van der Waals surface area contributed by atoms with Crippen LogP contribution in [0.1, 0.15) is 34.0 Å². The molecular weight excluding hydrogens is 452 g/mol. The second-order valence-electron chi connectivity index (χ2n) is 9.10. The Morgan fingerprint density at radius 2 is 1.63 bits per heavy atom. The number of benzene rings is 3. The Bertz CT molecular complexity index is 1260. The number of hydrogen-bond donors (Lipinski definition) is 1. The Balaban J connectivity index is 1.06. The lowest BCUT2D eigenvalue weighted by molar-refractivity contribution is 0.0948. The van der Waals surface area contributed by atoms with Crippen molar-refractivity contribution in [3.63, 3.8) is 0 Å². The van der Waals surface area contributed by atoms with Gasteiger partial charge in [-0.3, -0.25) is 9.69 Å². The number of thiazole rings is 1. The van der Waals surface area contributed by atoms with Crippen molar-refractivity contribution in [2.24, 2.45) is 0 Å². The molecule has 0 aliphatic carbocycles. The van der Waals surface area contributed by atoms with Gasteiger partial charge >= 0.3 is 0 Å². The maximum absolute atomic E-state index is 12.6. The molecule has 0 spiro atoms. The summed E-state index contributed by atoms with van der Waals surface area (Å²) in [6.45, 7) is 7.62. The molecule has 0 bridgehead atoms. The van der Waals surface area contributed by atoms with Gasteiger partial charge in [-0.1, -0.05) is 66.8 Å². The fraction of sp³-hybridized carbons (Fsp3) is 0.310. The number of anilines is 1. The zero-order valence-corrected chi connectivity index (χ0v) is 21.1. The predicted octanol–water partition coefficient (Wildman–Crippen LogP) is 5.00. The summed E-state index contributed by atoms with van der Waals surface area (Å²) in [5.74, 6) is -0.00387. The second-order valence-corrected chi connectivity index (χ2v) is 10.1. The number of piperazine rings is 1. The van der Waals surface area contributed by atoms with Gasteiger partial charge in [0.1, 0.15) is 0 Å². The normalized spacial score (nSPS) is 14.4. The molecule has 180 valence electrons. The minimum Gasteiger partial charge on any atom is -0.351 e. The Labute approximate surface area is 211 Å². The Morgan fingerprint density at radius 1 is 0.914 bits per heavy atom. The second kappa shape index (κ2) is 11.0. The predicted molar refractivity (Wildman–Crippen MR) is 146 cm³/mol. The molecule has 6 heteroatoms. The Hall–Kier alpha value is -3.22. The lowest BCUT2D eigenvalue weighted by atomic mass is 10.0. The fourth-order valence-electron chi connectivity index (χ4n) is 4.51. The van der Waals surface area contributed by atoms with E-state index in [2.05, 4.69) is 64.5 Å². The number of amides is 1. The van der Waals surface area contributed by atoms with E-state index in [9.17, 15) is 4.79 Å². The smallest absolute Gasteiger partial charge is 0.251 e. The van der Waals surface area contributed by atoms with Gasteiger partial charge in [0, 0.05) is 44.8 Å². The van der Waals surface area contributed by atoms with E-state index in [0.717, 1.165) is 56.2 Å². The SMILES string of the molecule is CCc1ccc2nc(N3CCN(CCNC(=O)c4ccc(Cc5ccccc5)cc4)CC3)sc2c1. The van der Waals surface area contributed by atoms with Crippen LogP contribution in [0.25, 0.3) is 10.2 Å². The molecule has 0 unspecified atom stereocenters. The number of carbonyl (C=O) groups excluding carboxylic acids is 1. The highest BCUT2D eigenvalue weighted by atomic mass is 32.1. The van der Waals surface area contributed by atoms with Crippen molar-refractivity contribution in [1.82, 2.24) is 15.2 Å². The molecule has 4 aromatic rings. The van der Waals surface area contributed by atoms with E-state index in [0.29, 0.717) is 12.1 Å². The number of hydrogen-bond acceptors (Lipinski definition) is 5. The van der Waals surface area contributed by atoms with E-state index in [4.69, 9.17) is 4.98 Å². The molecule has 1 saturated heterocycles. The first kappa shape index (κ1) is 23.5. The Kier molecular flexibility index (Phi) is 7.40. The number of nitrogens with zero attached hydrogens (tertiary/aromatic N) is 3. The summed E-state index contributed by atoms with van der Waals surface area (Å²) in [4.78, 5) is 22.2. The molecule has 0 atom stereocenters. The number of carbonyl (C=O) groups is 1. The summed E-state index contributed by atoms with van der Waals surface area (Å²) in [7, 11) is 0. The van der Waals surface area contributed by atoms with Gasteiger partial charge in [0.05, 0.1) is 10.2 Å². The van der Waals surface area contributed by atoms with Crippen LogP contribution >= 0.6 is 11.3 Å². The van der Waals surface area contributed by atoms with Crippen molar-refractivity contribution >= 4 is 32.6 Å². The third-order valence-corrected chi connectivity index (χ3v) is 7.75. The topological polar surface area (TPSA) is 48.5 Å². The molecular formula is C29H32N4OS. The average Bonchev–Trinajstić information content (AvgIpc) is 3.33. The van der Waals surface area contributed by atoms with Gasteiger partial charge in [0.25, 0.3) is 5.91 Å². The fourth-order valence-corrected chi connectivity index (χ4v) is 5.59. The van der Waals surface area contributed by atoms with Crippen LogP contribution < -0.4 is 10.2 Å². The quantitative estimate of drug-likeness (QED) is 0.382. The zero-order chi connectivity index (χ0) is 24.0. The van der Waals surface area contributed by atoms with Crippen LogP contribution in [0.15, 0.2) is 72.8 Å². The van der Waals surface area contributed by atoms with Gasteiger partial charge in [-0.15, -0.1) is 0 Å². The lowest BCUT2D eigenvalue weighted by Crippen LogP contribution is -2.48. The van der Waals surface area contributed by atoms with Crippen molar-refractivity contribution in [3.05, 3.63) is 95.1 Å². The van der Waals surface area contributed by atoms with Crippen LogP contribution in [0.3, 0.4) is 0 Å². The molecule has 1 aliphatic rings. The largest absolute Gasteiger partial charge is 0.351 e. The van der Waals surface area contributed by atoms with Gasteiger partial charge in [-0.25, -0.2) is 4.98 Å². The van der Waals surface area contributed by atoms with E-state index in [1.165, 1.54) is 21.4 Å². The first-order valence-corrected chi connectivity index (χ1v) is 13.3. The van der Waals surface area contributed by atoms with E-state index in [1.807, 2.05) is 30.3 Å². The number of fused-ring (bicyclic) bond motifs is 1. The molecule has 0 radical (unpaired) electrons. The highest BCUT2D eigenvalue weighted by Crippen LogP contribution is 2.30. The van der Waals surface area contributed by atoms with E-state index >= 15 is 0 Å². The van der Waals surface area contributed by atoms with E-state index < -0.39 is 0 Å². The van der Waals surface area contributed by atoms with Gasteiger partial charge in [0.2, 0.25) is 0 Å². The van der Waals surface area contributed by atoms with Crippen molar-refractivity contribution < 1.29 is 4.79 Å². The number of aromatic nitrogens is 1. The van der Waals surface area contributed by atoms with Crippen molar-refractivity contribution in [3.8, 4) is 0 Å². The van der Waals surface area contributed by atoms with Crippen LogP contribution in [0, 0.1) is 0 Å². The first-order chi connectivity index (χ1) is 17.2. The lowest BCUT2D eigenvalue weighted by Gasteiger charge is -2.34. The highest BCUT2D eigenvalue weighted by molar-refractivity contribution is 7.22. The maximum atomic E-state index is 12.6. The molecule has 1 N–H and O–H groups in total. The maximum Gasteiger partial charge on any atom is 0.251 e. The highest BCUT2D eigenvalue weighted by Gasteiger charge is 2.20. The molecule has 0 saturated carbocycles. The van der Waals surface area contributed by atoms with Crippen LogP contribution in [0.4, 0.5) is 5.13 Å². The van der Waals surface area contributed by atoms with E-state index in [1.54, 1.807) is 11.3 Å². The monoisotopic (exact) mass is 484 g/mol. The number of nitrogens with one attached hydrogen (secondary N) is 1. The van der Waals surface area contributed by atoms with E-state index in [-0.39, 0.29) is 5.91 Å². The summed E-state index contributed by atoms with van der Waals surface area (Å²) in [5, 5.41) is 4.20. The third kappa shape index (κ3) is 5.89. The van der Waals surface area contributed by atoms with Gasteiger partial charge in [-0.2, -0.15) is 0 Å². The van der Waals surface area contributed by atoms with Crippen molar-refractivity contribution in [2.45, 2.75) is 19.8 Å². The molecule has 35 heavy (non-hydrogen) atoms. The van der Waals surface area contributed by atoms with Gasteiger partial charge in [0.15, 0.2) is 5.13 Å². The van der Waals surface area contributed by atoms with Gasteiger partial charge < -0.3 is 10.2 Å². The van der Waals surface area contributed by atoms with Gasteiger partial charge in [-0.05, 0) is 53.8 Å². The molecule has 5 nitrogen and oxygen atoms in total. The molecule has 3 aromatic carbocycles. The number of rotatable bonds is 8. The van der Waals surface area contributed by atoms with Crippen LogP contribution in [-0.2, 0) is 12.8 Å². The molecule has 2 heterocycles. The van der Waals surface area contributed by atoms with Crippen LogP contribution in [0.5, 0.6) is 0 Å². The molecule has 5 rings (SSSR count). The summed E-state index contributed by atoms with van der Waals surface area (Å²) < 4.78 is 1.28. The summed E-state index contributed by atoms with van der Waals surface area (Å²) in [6, 6.07) is 24.9. The molecule has 1 aromatic heterocycles. The summed E-state index contributed by atoms with van der Waals surface area (Å²) >= 11 is 1.79. The Morgan fingerprint density at radius 3 is 2.37 bits per heavy atom.